The maximum absolute atomic E-state index is 10.3. The fraction of sp³-hybridized carbons (Fsp3) is 0.286. The van der Waals surface area contributed by atoms with Crippen LogP contribution in [0.3, 0.4) is 0 Å². The van der Waals surface area contributed by atoms with Gasteiger partial charge < -0.3 is 9.84 Å². The summed E-state index contributed by atoms with van der Waals surface area (Å²) in [6.07, 6.45) is 4.99. The van der Waals surface area contributed by atoms with Gasteiger partial charge in [-0.15, -0.1) is 0 Å². The van der Waals surface area contributed by atoms with Crippen LogP contribution in [0.5, 0.6) is 5.75 Å². The van der Waals surface area contributed by atoms with Crippen molar-refractivity contribution in [1.29, 1.82) is 0 Å². The molecule has 1 aliphatic heterocycles. The molecule has 1 aromatic heterocycles. The summed E-state index contributed by atoms with van der Waals surface area (Å²) in [5.74, 6) is 0.969. The van der Waals surface area contributed by atoms with E-state index in [0.29, 0.717) is 6.61 Å². The number of aromatic nitrogens is 2. The van der Waals surface area contributed by atoms with E-state index in [9.17, 15) is 5.11 Å². The summed E-state index contributed by atoms with van der Waals surface area (Å²) in [5, 5.41) is 10.3. The number of ether oxygens (including phenoxy) is 1. The first-order valence-electron chi connectivity index (χ1n) is 5.98. The molecule has 4 heteroatoms. The molecule has 0 spiro atoms. The Morgan fingerprint density at radius 2 is 2.00 bits per heavy atom. The Bertz CT molecular complexity index is 530. The van der Waals surface area contributed by atoms with Crippen molar-refractivity contribution in [2.24, 2.45) is 5.92 Å². The standard InChI is InChI=1S/C14H14N2O2/c17-14(12-6-15-9-16-7-12)11-5-10-3-1-2-4-13(10)18-8-11/h1-4,6-7,9,11,14,17H,5,8H2. The summed E-state index contributed by atoms with van der Waals surface area (Å²) in [6.45, 7) is 0.521. The van der Waals surface area contributed by atoms with Gasteiger partial charge in [0.25, 0.3) is 0 Å². The van der Waals surface area contributed by atoms with Gasteiger partial charge in [0.1, 0.15) is 12.1 Å². The van der Waals surface area contributed by atoms with E-state index in [1.807, 2.05) is 24.3 Å². The SMILES string of the molecule is OC(c1cncnc1)C1COc2ccccc2C1. The van der Waals surface area contributed by atoms with E-state index in [2.05, 4.69) is 9.97 Å². The van der Waals surface area contributed by atoms with Crippen molar-refractivity contribution in [2.75, 3.05) is 6.61 Å². The molecular weight excluding hydrogens is 228 g/mol. The Labute approximate surface area is 105 Å². The molecule has 4 nitrogen and oxygen atoms in total. The second-order valence-electron chi connectivity index (χ2n) is 4.50. The smallest absolute Gasteiger partial charge is 0.122 e. The molecule has 2 unspecified atom stereocenters. The largest absolute Gasteiger partial charge is 0.493 e. The fourth-order valence-corrected chi connectivity index (χ4v) is 2.29. The summed E-state index contributed by atoms with van der Waals surface area (Å²) in [4.78, 5) is 7.87. The molecule has 1 aromatic carbocycles. The van der Waals surface area contributed by atoms with Crippen molar-refractivity contribution in [3.8, 4) is 5.75 Å². The zero-order valence-electron chi connectivity index (χ0n) is 9.86. The lowest BCUT2D eigenvalue weighted by atomic mass is 9.89. The van der Waals surface area contributed by atoms with Crippen LogP contribution in [0.15, 0.2) is 43.0 Å². The number of hydrogen-bond acceptors (Lipinski definition) is 4. The predicted octanol–water partition coefficient (Wildman–Crippen LogP) is 1.76. The van der Waals surface area contributed by atoms with E-state index in [1.54, 1.807) is 12.4 Å². The van der Waals surface area contributed by atoms with Crippen molar-refractivity contribution >= 4 is 0 Å². The highest BCUT2D eigenvalue weighted by Gasteiger charge is 2.27. The zero-order valence-corrected chi connectivity index (χ0v) is 9.86. The molecule has 0 saturated heterocycles. The van der Waals surface area contributed by atoms with Gasteiger partial charge in [-0.2, -0.15) is 0 Å². The van der Waals surface area contributed by atoms with Gasteiger partial charge in [0.05, 0.1) is 12.7 Å². The molecule has 0 fully saturated rings. The number of fused-ring (bicyclic) bond motifs is 1. The second kappa shape index (κ2) is 4.74. The zero-order chi connectivity index (χ0) is 12.4. The van der Waals surface area contributed by atoms with Gasteiger partial charge in [-0.1, -0.05) is 18.2 Å². The molecule has 0 aliphatic carbocycles. The summed E-state index contributed by atoms with van der Waals surface area (Å²) in [7, 11) is 0. The predicted molar refractivity (Wildman–Crippen MR) is 66.1 cm³/mol. The van der Waals surface area contributed by atoms with E-state index in [-0.39, 0.29) is 5.92 Å². The van der Waals surface area contributed by atoms with Gasteiger partial charge in [0, 0.05) is 23.9 Å². The number of hydrogen-bond donors (Lipinski definition) is 1. The topological polar surface area (TPSA) is 55.2 Å². The van der Waals surface area contributed by atoms with Crippen LogP contribution in [0.1, 0.15) is 17.2 Å². The number of benzene rings is 1. The highest BCUT2D eigenvalue weighted by molar-refractivity contribution is 5.35. The minimum absolute atomic E-state index is 0.0471. The van der Waals surface area contributed by atoms with Gasteiger partial charge in [-0.25, -0.2) is 9.97 Å². The first-order valence-corrected chi connectivity index (χ1v) is 5.98. The molecule has 2 heterocycles. The third kappa shape index (κ3) is 2.07. The van der Waals surface area contributed by atoms with Gasteiger partial charge >= 0.3 is 0 Å². The van der Waals surface area contributed by atoms with Gasteiger partial charge in [-0.3, -0.25) is 0 Å². The molecule has 0 bridgehead atoms. The first kappa shape index (κ1) is 11.2. The van der Waals surface area contributed by atoms with E-state index >= 15 is 0 Å². The minimum Gasteiger partial charge on any atom is -0.493 e. The van der Waals surface area contributed by atoms with Crippen molar-refractivity contribution < 1.29 is 9.84 Å². The summed E-state index contributed by atoms with van der Waals surface area (Å²) < 4.78 is 5.68. The molecule has 3 rings (SSSR count). The van der Waals surface area contributed by atoms with Gasteiger partial charge in [0.2, 0.25) is 0 Å². The number of rotatable bonds is 2. The first-order chi connectivity index (χ1) is 8.84. The van der Waals surface area contributed by atoms with E-state index in [1.165, 1.54) is 6.33 Å². The highest BCUT2D eigenvalue weighted by Crippen LogP contribution is 2.32. The number of aliphatic hydroxyl groups is 1. The molecule has 0 saturated carbocycles. The maximum atomic E-state index is 10.3. The van der Waals surface area contributed by atoms with Gasteiger partial charge in [-0.05, 0) is 18.1 Å². The molecule has 18 heavy (non-hydrogen) atoms. The lowest BCUT2D eigenvalue weighted by Gasteiger charge is -2.28. The Morgan fingerprint density at radius 3 is 2.83 bits per heavy atom. The summed E-state index contributed by atoms with van der Waals surface area (Å²) in [6, 6.07) is 7.95. The van der Waals surface area contributed by atoms with Crippen LogP contribution in [0.4, 0.5) is 0 Å². The van der Waals surface area contributed by atoms with Crippen molar-refractivity contribution in [2.45, 2.75) is 12.5 Å². The number of aliphatic hydroxyl groups excluding tert-OH is 1. The highest BCUT2D eigenvalue weighted by atomic mass is 16.5. The molecule has 2 atom stereocenters. The van der Waals surface area contributed by atoms with Crippen molar-refractivity contribution in [3.05, 3.63) is 54.1 Å². The van der Waals surface area contributed by atoms with Crippen LogP contribution in [0.2, 0.25) is 0 Å². The normalized spacial score (nSPS) is 19.7. The third-order valence-corrected chi connectivity index (χ3v) is 3.28. The number of nitrogens with zero attached hydrogens (tertiary/aromatic N) is 2. The molecule has 1 N–H and O–H groups in total. The second-order valence-corrected chi connectivity index (χ2v) is 4.50. The van der Waals surface area contributed by atoms with Gasteiger partial charge in [0.15, 0.2) is 0 Å². The quantitative estimate of drug-likeness (QED) is 0.871. The third-order valence-electron chi connectivity index (χ3n) is 3.28. The van der Waals surface area contributed by atoms with Crippen molar-refractivity contribution in [1.82, 2.24) is 9.97 Å². The fourth-order valence-electron chi connectivity index (χ4n) is 2.29. The van der Waals surface area contributed by atoms with Crippen LogP contribution in [0.25, 0.3) is 0 Å². The number of para-hydroxylation sites is 1. The van der Waals surface area contributed by atoms with Crippen LogP contribution in [-0.2, 0) is 6.42 Å². The van der Waals surface area contributed by atoms with Crippen LogP contribution < -0.4 is 4.74 Å². The van der Waals surface area contributed by atoms with Crippen LogP contribution in [-0.4, -0.2) is 21.7 Å². The Hall–Kier alpha value is -1.94. The summed E-state index contributed by atoms with van der Waals surface area (Å²) in [5.41, 5.74) is 1.88. The lowest BCUT2D eigenvalue weighted by Crippen LogP contribution is -2.26. The molecule has 0 amide bonds. The minimum atomic E-state index is -0.584. The lowest BCUT2D eigenvalue weighted by molar-refractivity contribution is 0.0640. The van der Waals surface area contributed by atoms with E-state index in [0.717, 1.165) is 23.3 Å². The van der Waals surface area contributed by atoms with Crippen LogP contribution >= 0.6 is 0 Å². The Morgan fingerprint density at radius 1 is 1.22 bits per heavy atom. The maximum Gasteiger partial charge on any atom is 0.122 e. The molecule has 2 aromatic rings. The summed E-state index contributed by atoms with van der Waals surface area (Å²) >= 11 is 0. The molecule has 1 aliphatic rings. The average Bonchev–Trinajstić information content (AvgIpc) is 2.47. The monoisotopic (exact) mass is 242 g/mol. The van der Waals surface area contributed by atoms with E-state index in [4.69, 9.17) is 4.74 Å². The Balaban J connectivity index is 1.80. The molecule has 0 radical (unpaired) electrons. The molecule has 92 valence electrons. The average molecular weight is 242 g/mol. The van der Waals surface area contributed by atoms with E-state index < -0.39 is 6.10 Å². The van der Waals surface area contributed by atoms with Crippen molar-refractivity contribution in [3.63, 3.8) is 0 Å². The molecular formula is C14H14N2O2. The Kier molecular flexibility index (Phi) is 2.94. The van der Waals surface area contributed by atoms with Crippen LogP contribution in [0, 0.1) is 5.92 Å².